The maximum atomic E-state index is 11.6. The Bertz CT molecular complexity index is 836. The number of pyridine rings is 1. The summed E-state index contributed by atoms with van der Waals surface area (Å²) < 4.78 is 4.60. The first-order valence-corrected chi connectivity index (χ1v) is 8.80. The zero-order valence-electron chi connectivity index (χ0n) is 14.8. The Hall–Kier alpha value is -2.71. The van der Waals surface area contributed by atoms with Crippen LogP contribution < -0.4 is 4.90 Å². The topological polar surface area (TPSA) is 88.8 Å². The summed E-state index contributed by atoms with van der Waals surface area (Å²) in [5.74, 6) is -0.372. The van der Waals surface area contributed by atoms with Crippen molar-refractivity contribution in [2.45, 2.75) is 6.54 Å². The number of piperazine rings is 1. The number of nitrogens with zero attached hydrogens (tertiary/aromatic N) is 4. The van der Waals surface area contributed by atoms with Crippen molar-refractivity contribution in [1.82, 2.24) is 9.88 Å². The van der Waals surface area contributed by atoms with Crippen LogP contribution in [0.4, 0.5) is 11.5 Å². The molecule has 0 amide bonds. The third-order valence-electron chi connectivity index (χ3n) is 4.46. The smallest absolute Gasteiger partial charge is 0.339 e. The average molecular weight is 391 g/mol. The minimum absolute atomic E-state index is 0.0642. The fourth-order valence-electron chi connectivity index (χ4n) is 3.02. The number of esters is 1. The average Bonchev–Trinajstić information content (AvgIpc) is 2.69. The predicted molar refractivity (Wildman–Crippen MR) is 101 cm³/mol. The van der Waals surface area contributed by atoms with E-state index < -0.39 is 10.9 Å². The molecule has 1 aromatic carbocycles. The van der Waals surface area contributed by atoms with E-state index in [1.807, 2.05) is 29.2 Å². The van der Waals surface area contributed by atoms with Crippen LogP contribution in [-0.2, 0) is 11.3 Å². The van der Waals surface area contributed by atoms with Gasteiger partial charge in [-0.2, -0.15) is 0 Å². The van der Waals surface area contributed by atoms with Crippen molar-refractivity contribution in [3.8, 4) is 0 Å². The van der Waals surface area contributed by atoms with Crippen molar-refractivity contribution in [2.24, 2.45) is 0 Å². The number of halogens is 1. The van der Waals surface area contributed by atoms with Crippen LogP contribution in [0.2, 0.25) is 5.02 Å². The standard InChI is InChI=1S/C18H19ClN4O4/c1-27-18(24)14-10-16(23(25)26)17(20-11-14)22-8-6-21(7-9-22)12-13-2-4-15(19)5-3-13/h2-5,10-11H,6-9,12H2,1H3. The number of anilines is 1. The van der Waals surface area contributed by atoms with Crippen LogP contribution in [-0.4, -0.2) is 54.1 Å². The van der Waals surface area contributed by atoms with Crippen molar-refractivity contribution >= 4 is 29.1 Å². The van der Waals surface area contributed by atoms with E-state index in [1.165, 1.54) is 24.9 Å². The minimum Gasteiger partial charge on any atom is -0.465 e. The number of carbonyl (C=O) groups is 1. The molecule has 27 heavy (non-hydrogen) atoms. The largest absolute Gasteiger partial charge is 0.465 e. The minimum atomic E-state index is -0.648. The van der Waals surface area contributed by atoms with Crippen LogP contribution in [0.25, 0.3) is 0 Å². The van der Waals surface area contributed by atoms with Gasteiger partial charge in [0.25, 0.3) is 0 Å². The van der Waals surface area contributed by atoms with Gasteiger partial charge < -0.3 is 9.64 Å². The van der Waals surface area contributed by atoms with Gasteiger partial charge in [0.2, 0.25) is 5.82 Å². The lowest BCUT2D eigenvalue weighted by molar-refractivity contribution is -0.384. The summed E-state index contributed by atoms with van der Waals surface area (Å²) in [7, 11) is 1.22. The van der Waals surface area contributed by atoms with Crippen LogP contribution in [0.5, 0.6) is 0 Å². The third kappa shape index (κ3) is 4.53. The normalized spacial score (nSPS) is 14.8. The first-order chi connectivity index (χ1) is 13.0. The second-order valence-corrected chi connectivity index (χ2v) is 6.64. The van der Waals surface area contributed by atoms with Gasteiger partial charge in [0.05, 0.1) is 17.6 Å². The number of ether oxygens (including phenoxy) is 1. The Balaban J connectivity index is 1.69. The zero-order chi connectivity index (χ0) is 19.4. The molecular weight excluding hydrogens is 372 g/mol. The van der Waals surface area contributed by atoms with Crippen molar-refractivity contribution in [3.63, 3.8) is 0 Å². The number of hydrogen-bond acceptors (Lipinski definition) is 7. The molecule has 1 aliphatic rings. The highest BCUT2D eigenvalue weighted by molar-refractivity contribution is 6.30. The second kappa shape index (κ2) is 8.32. The van der Waals surface area contributed by atoms with Gasteiger partial charge in [-0.3, -0.25) is 15.0 Å². The maximum absolute atomic E-state index is 11.6. The Morgan fingerprint density at radius 1 is 1.26 bits per heavy atom. The van der Waals surface area contributed by atoms with Gasteiger partial charge in [-0.15, -0.1) is 0 Å². The Labute approximate surface area is 161 Å². The fraction of sp³-hybridized carbons (Fsp3) is 0.333. The summed E-state index contributed by atoms with van der Waals surface area (Å²) in [4.78, 5) is 30.8. The van der Waals surface area contributed by atoms with Crippen LogP contribution in [0.15, 0.2) is 36.5 Å². The zero-order valence-corrected chi connectivity index (χ0v) is 15.6. The second-order valence-electron chi connectivity index (χ2n) is 6.21. The molecule has 1 fully saturated rings. The maximum Gasteiger partial charge on any atom is 0.339 e. The van der Waals surface area contributed by atoms with Crippen molar-refractivity contribution in [3.05, 3.63) is 62.8 Å². The molecule has 2 aromatic rings. The Kier molecular flexibility index (Phi) is 5.88. The molecule has 2 heterocycles. The highest BCUT2D eigenvalue weighted by Gasteiger charge is 2.26. The summed E-state index contributed by atoms with van der Waals surface area (Å²) in [6.45, 7) is 3.51. The van der Waals surface area contributed by atoms with Crippen LogP contribution in [0.1, 0.15) is 15.9 Å². The van der Waals surface area contributed by atoms with Crippen LogP contribution in [0.3, 0.4) is 0 Å². The molecule has 3 rings (SSSR count). The van der Waals surface area contributed by atoms with Crippen molar-refractivity contribution in [1.29, 1.82) is 0 Å². The summed E-state index contributed by atoms with van der Waals surface area (Å²) in [6.07, 6.45) is 1.31. The molecule has 0 unspecified atom stereocenters. The molecule has 0 radical (unpaired) electrons. The van der Waals surface area contributed by atoms with Gasteiger partial charge in [-0.1, -0.05) is 23.7 Å². The number of hydrogen-bond donors (Lipinski definition) is 0. The SMILES string of the molecule is COC(=O)c1cnc(N2CCN(Cc3ccc(Cl)cc3)CC2)c([N+](=O)[O-])c1. The molecule has 0 spiro atoms. The molecule has 1 aliphatic heterocycles. The van der Waals surface area contributed by atoms with Gasteiger partial charge in [0, 0.05) is 50.0 Å². The van der Waals surface area contributed by atoms with E-state index in [-0.39, 0.29) is 17.1 Å². The van der Waals surface area contributed by atoms with E-state index in [2.05, 4.69) is 14.6 Å². The first-order valence-electron chi connectivity index (χ1n) is 8.42. The summed E-state index contributed by atoms with van der Waals surface area (Å²) in [6, 6.07) is 8.93. The van der Waals surface area contributed by atoms with E-state index >= 15 is 0 Å². The van der Waals surface area contributed by atoms with Gasteiger partial charge >= 0.3 is 11.7 Å². The number of benzene rings is 1. The quantitative estimate of drug-likeness (QED) is 0.440. The molecule has 142 valence electrons. The third-order valence-corrected chi connectivity index (χ3v) is 4.71. The highest BCUT2D eigenvalue weighted by atomic mass is 35.5. The molecular formula is C18H19ClN4O4. The molecule has 0 N–H and O–H groups in total. The molecule has 0 atom stereocenters. The van der Waals surface area contributed by atoms with E-state index in [0.717, 1.165) is 19.6 Å². The predicted octanol–water partition coefficient (Wildman–Crippen LogP) is 2.75. The van der Waals surface area contributed by atoms with Crippen molar-refractivity contribution < 1.29 is 14.5 Å². The molecule has 0 bridgehead atoms. The first kappa shape index (κ1) is 19.1. The molecule has 1 saturated heterocycles. The molecule has 0 saturated carbocycles. The number of carbonyl (C=O) groups excluding carboxylic acids is 1. The van der Waals surface area contributed by atoms with E-state index in [9.17, 15) is 14.9 Å². The highest BCUT2D eigenvalue weighted by Crippen LogP contribution is 2.28. The van der Waals surface area contributed by atoms with Gasteiger partial charge in [0.15, 0.2) is 0 Å². The summed E-state index contributed by atoms with van der Waals surface area (Å²) >= 11 is 5.91. The fourth-order valence-corrected chi connectivity index (χ4v) is 3.15. The Morgan fingerprint density at radius 2 is 1.93 bits per heavy atom. The summed E-state index contributed by atoms with van der Waals surface area (Å²) in [5, 5.41) is 12.1. The lowest BCUT2D eigenvalue weighted by atomic mass is 10.2. The van der Waals surface area contributed by atoms with Gasteiger partial charge in [-0.05, 0) is 17.7 Å². The molecule has 1 aromatic heterocycles. The van der Waals surface area contributed by atoms with Gasteiger partial charge in [-0.25, -0.2) is 9.78 Å². The number of rotatable bonds is 5. The lowest BCUT2D eigenvalue weighted by Gasteiger charge is -2.35. The molecule has 0 aliphatic carbocycles. The lowest BCUT2D eigenvalue weighted by Crippen LogP contribution is -2.46. The van der Waals surface area contributed by atoms with Crippen LogP contribution >= 0.6 is 11.6 Å². The summed E-state index contributed by atoms with van der Waals surface area (Å²) in [5.41, 5.74) is 1.04. The molecule has 9 heteroatoms. The van der Waals surface area contributed by atoms with Crippen molar-refractivity contribution in [2.75, 3.05) is 38.2 Å². The van der Waals surface area contributed by atoms with Gasteiger partial charge in [0.1, 0.15) is 0 Å². The number of aromatic nitrogens is 1. The number of methoxy groups -OCH3 is 1. The molecule has 8 nitrogen and oxygen atoms in total. The monoisotopic (exact) mass is 390 g/mol. The van der Waals surface area contributed by atoms with E-state index in [4.69, 9.17) is 11.6 Å². The Morgan fingerprint density at radius 3 is 2.52 bits per heavy atom. The van der Waals surface area contributed by atoms with E-state index in [0.29, 0.717) is 18.1 Å². The number of nitro groups is 1. The van der Waals surface area contributed by atoms with Crippen LogP contribution in [0, 0.1) is 10.1 Å². The van der Waals surface area contributed by atoms with E-state index in [1.54, 1.807) is 0 Å².